The third kappa shape index (κ3) is 2.50. The smallest absolute Gasteiger partial charge is 0.229 e. The van der Waals surface area contributed by atoms with E-state index in [0.717, 1.165) is 12.4 Å². The van der Waals surface area contributed by atoms with Crippen molar-refractivity contribution in [1.29, 1.82) is 0 Å². The quantitative estimate of drug-likeness (QED) is 0.777. The molecule has 0 saturated heterocycles. The van der Waals surface area contributed by atoms with Crippen LogP contribution in [0.5, 0.6) is 0 Å². The van der Waals surface area contributed by atoms with Crippen molar-refractivity contribution < 1.29 is 13.6 Å². The molecular weight excluding hydrogens is 340 g/mol. The number of aromatic nitrogens is 4. The molecule has 1 aliphatic rings. The molecule has 130 valence electrons. The Balaban J connectivity index is 1.97. The second kappa shape index (κ2) is 5.91. The molecule has 0 unspecified atom stereocenters. The molecule has 6 nitrogen and oxygen atoms in total. The van der Waals surface area contributed by atoms with Gasteiger partial charge in [0, 0.05) is 23.5 Å². The molecule has 0 radical (unpaired) electrons. The highest BCUT2D eigenvalue weighted by Gasteiger charge is 2.52. The molecule has 3 aromatic heterocycles. The third-order valence-electron chi connectivity index (χ3n) is 4.54. The van der Waals surface area contributed by atoms with E-state index in [1.807, 2.05) is 0 Å². The Morgan fingerprint density at radius 1 is 0.962 bits per heavy atom. The van der Waals surface area contributed by atoms with Crippen LogP contribution in [0.3, 0.4) is 0 Å². The van der Waals surface area contributed by atoms with E-state index in [9.17, 15) is 13.6 Å². The van der Waals surface area contributed by atoms with Gasteiger partial charge in [0.05, 0.1) is 35.4 Å². The van der Waals surface area contributed by atoms with Crippen molar-refractivity contribution in [2.24, 2.45) is 5.73 Å². The minimum absolute atomic E-state index is 0.112. The van der Waals surface area contributed by atoms with Crippen LogP contribution in [0.4, 0.5) is 8.78 Å². The Kier molecular flexibility index (Phi) is 3.68. The summed E-state index contributed by atoms with van der Waals surface area (Å²) in [7, 11) is 0. The van der Waals surface area contributed by atoms with Crippen LogP contribution in [0.15, 0.2) is 43.1 Å². The normalized spacial score (nSPS) is 14.8. The molecule has 4 rings (SSSR count). The Hall–Kier alpha value is -3.29. The average Bonchev–Trinajstić information content (AvgIpc) is 3.44. The van der Waals surface area contributed by atoms with Gasteiger partial charge in [0.2, 0.25) is 5.91 Å². The standard InChI is InChI=1S/C18H13F2N5O/c19-12-7-22-5-1-10(12)15-16(11-2-6-23-8-13(11)20)25-14(9-24-15)18(3-4-18)17(21)26/h1-2,5-9H,3-4H2,(H2,21,26). The summed E-state index contributed by atoms with van der Waals surface area (Å²) in [6.45, 7) is 0. The Labute approximate surface area is 147 Å². The maximum absolute atomic E-state index is 14.3. The molecule has 1 saturated carbocycles. The van der Waals surface area contributed by atoms with Crippen LogP contribution in [0.2, 0.25) is 0 Å². The van der Waals surface area contributed by atoms with E-state index in [-0.39, 0.29) is 22.5 Å². The van der Waals surface area contributed by atoms with Crippen molar-refractivity contribution in [1.82, 2.24) is 19.9 Å². The van der Waals surface area contributed by atoms with Gasteiger partial charge in [-0.3, -0.25) is 19.7 Å². The van der Waals surface area contributed by atoms with Crippen molar-refractivity contribution >= 4 is 5.91 Å². The maximum atomic E-state index is 14.3. The molecule has 1 amide bonds. The predicted molar refractivity (Wildman–Crippen MR) is 88.5 cm³/mol. The number of hydrogen-bond donors (Lipinski definition) is 1. The highest BCUT2D eigenvalue weighted by Crippen LogP contribution is 2.47. The number of carbonyl (C=O) groups is 1. The number of rotatable bonds is 4. The van der Waals surface area contributed by atoms with E-state index >= 15 is 0 Å². The second-order valence-electron chi connectivity index (χ2n) is 6.11. The lowest BCUT2D eigenvalue weighted by Gasteiger charge is -2.15. The summed E-state index contributed by atoms with van der Waals surface area (Å²) in [4.78, 5) is 28.0. The number of halogens is 2. The first-order chi connectivity index (χ1) is 12.5. The molecule has 3 aromatic rings. The molecule has 3 heterocycles. The van der Waals surface area contributed by atoms with E-state index in [1.165, 1.54) is 30.7 Å². The van der Waals surface area contributed by atoms with E-state index in [2.05, 4.69) is 19.9 Å². The van der Waals surface area contributed by atoms with Gasteiger partial charge in [-0.25, -0.2) is 13.8 Å². The number of primary amides is 1. The topological polar surface area (TPSA) is 94.7 Å². The lowest BCUT2D eigenvalue weighted by molar-refractivity contribution is -0.120. The first-order valence-corrected chi connectivity index (χ1v) is 7.90. The zero-order valence-electron chi connectivity index (χ0n) is 13.5. The largest absolute Gasteiger partial charge is 0.369 e. The van der Waals surface area contributed by atoms with Crippen LogP contribution in [-0.4, -0.2) is 25.8 Å². The third-order valence-corrected chi connectivity index (χ3v) is 4.54. The first-order valence-electron chi connectivity index (χ1n) is 7.90. The maximum Gasteiger partial charge on any atom is 0.229 e. The molecule has 0 bridgehead atoms. The molecule has 2 N–H and O–H groups in total. The van der Waals surface area contributed by atoms with Crippen molar-refractivity contribution in [2.45, 2.75) is 18.3 Å². The Morgan fingerprint density at radius 3 is 2.04 bits per heavy atom. The fourth-order valence-corrected chi connectivity index (χ4v) is 2.89. The van der Waals surface area contributed by atoms with Gasteiger partial charge >= 0.3 is 0 Å². The molecular formula is C18H13F2N5O. The average molecular weight is 353 g/mol. The van der Waals surface area contributed by atoms with E-state index < -0.39 is 23.0 Å². The van der Waals surface area contributed by atoms with Crippen LogP contribution < -0.4 is 5.73 Å². The summed E-state index contributed by atoms with van der Waals surface area (Å²) in [6, 6.07) is 2.86. The monoisotopic (exact) mass is 353 g/mol. The van der Waals surface area contributed by atoms with Crippen LogP contribution >= 0.6 is 0 Å². The Bertz CT molecular complexity index is 1020. The molecule has 26 heavy (non-hydrogen) atoms. The highest BCUT2D eigenvalue weighted by molar-refractivity contribution is 5.89. The van der Waals surface area contributed by atoms with Gasteiger partial charge in [-0.05, 0) is 25.0 Å². The van der Waals surface area contributed by atoms with E-state index in [4.69, 9.17) is 5.73 Å². The summed E-state index contributed by atoms with van der Waals surface area (Å²) < 4.78 is 28.6. The Morgan fingerprint density at radius 2 is 1.54 bits per heavy atom. The van der Waals surface area contributed by atoms with Crippen molar-refractivity contribution in [3.8, 4) is 22.5 Å². The second-order valence-corrected chi connectivity index (χ2v) is 6.11. The molecule has 0 aliphatic heterocycles. The van der Waals surface area contributed by atoms with Gasteiger partial charge in [0.15, 0.2) is 11.6 Å². The number of nitrogens with zero attached hydrogens (tertiary/aromatic N) is 4. The number of carbonyl (C=O) groups excluding carboxylic acids is 1. The molecule has 0 aromatic carbocycles. The van der Waals surface area contributed by atoms with Crippen LogP contribution in [0, 0.1) is 11.6 Å². The minimum atomic E-state index is -0.888. The van der Waals surface area contributed by atoms with Crippen molar-refractivity contribution in [3.63, 3.8) is 0 Å². The fourth-order valence-electron chi connectivity index (χ4n) is 2.89. The SMILES string of the molecule is NC(=O)C1(c2cnc(-c3ccncc3F)c(-c3ccncc3F)n2)CC1. The predicted octanol–water partition coefficient (Wildman–Crippen LogP) is 2.40. The highest BCUT2D eigenvalue weighted by atomic mass is 19.1. The summed E-state index contributed by atoms with van der Waals surface area (Å²) >= 11 is 0. The van der Waals surface area contributed by atoms with E-state index in [1.54, 1.807) is 0 Å². The van der Waals surface area contributed by atoms with Gasteiger partial charge in [0.25, 0.3) is 0 Å². The lowest BCUT2D eigenvalue weighted by atomic mass is 10.00. The summed E-state index contributed by atoms with van der Waals surface area (Å²) in [6.07, 6.45) is 7.40. The summed E-state index contributed by atoms with van der Waals surface area (Å²) in [5.74, 6) is -1.74. The van der Waals surface area contributed by atoms with E-state index in [0.29, 0.717) is 18.5 Å². The van der Waals surface area contributed by atoms with Gasteiger partial charge in [-0.1, -0.05) is 0 Å². The van der Waals surface area contributed by atoms with Gasteiger partial charge in [-0.15, -0.1) is 0 Å². The zero-order valence-corrected chi connectivity index (χ0v) is 13.5. The van der Waals surface area contributed by atoms with Crippen LogP contribution in [0.1, 0.15) is 18.5 Å². The van der Waals surface area contributed by atoms with Gasteiger partial charge in [-0.2, -0.15) is 0 Å². The van der Waals surface area contributed by atoms with Crippen molar-refractivity contribution in [3.05, 3.63) is 60.4 Å². The lowest BCUT2D eigenvalue weighted by Crippen LogP contribution is -2.29. The van der Waals surface area contributed by atoms with Crippen molar-refractivity contribution in [2.75, 3.05) is 0 Å². The van der Waals surface area contributed by atoms with Gasteiger partial charge in [0.1, 0.15) is 5.69 Å². The van der Waals surface area contributed by atoms with Crippen LogP contribution in [-0.2, 0) is 10.2 Å². The zero-order chi connectivity index (χ0) is 18.3. The number of hydrogen-bond acceptors (Lipinski definition) is 5. The molecule has 0 spiro atoms. The van der Waals surface area contributed by atoms with Gasteiger partial charge < -0.3 is 5.73 Å². The molecule has 1 aliphatic carbocycles. The first kappa shape index (κ1) is 16.2. The summed E-state index contributed by atoms with van der Waals surface area (Å²) in [5, 5.41) is 0. The summed E-state index contributed by atoms with van der Waals surface area (Å²) in [5.41, 5.74) is 5.49. The molecule has 1 fully saturated rings. The van der Waals surface area contributed by atoms with Crippen LogP contribution in [0.25, 0.3) is 22.5 Å². The molecule has 0 atom stereocenters. The number of amides is 1. The number of pyridine rings is 2. The fraction of sp³-hybridized carbons (Fsp3) is 0.167. The molecule has 8 heteroatoms. The number of nitrogens with two attached hydrogens (primary N) is 1. The minimum Gasteiger partial charge on any atom is -0.369 e.